The number of likely N-dealkylation sites (tertiary alicyclic amines) is 2. The summed E-state index contributed by atoms with van der Waals surface area (Å²) in [7, 11) is 5.74. The van der Waals surface area contributed by atoms with E-state index >= 15 is 0 Å². The van der Waals surface area contributed by atoms with Crippen molar-refractivity contribution >= 4 is 16.9 Å². The molecule has 1 aromatic carbocycles. The number of hydrogen-bond donors (Lipinski definition) is 1. The lowest BCUT2D eigenvalue weighted by molar-refractivity contribution is -0.148. The van der Waals surface area contributed by atoms with Gasteiger partial charge in [-0.2, -0.15) is 0 Å². The summed E-state index contributed by atoms with van der Waals surface area (Å²) in [4.78, 5) is 16.4. The smallest absolute Gasteiger partial charge is 0.312 e. The second-order valence-corrected chi connectivity index (χ2v) is 7.67. The number of hydrogen-bond acceptors (Lipinski definition) is 4. The summed E-state index contributed by atoms with van der Waals surface area (Å²) in [6.07, 6.45) is 2.15. The van der Waals surface area contributed by atoms with Crippen LogP contribution in [-0.4, -0.2) is 65.8 Å². The van der Waals surface area contributed by atoms with Crippen molar-refractivity contribution in [3.05, 3.63) is 30.0 Å². The molecule has 2 saturated heterocycles. The Morgan fingerprint density at radius 1 is 1.32 bits per heavy atom. The molecule has 0 bridgehead atoms. The Hall–Kier alpha value is -2.05. The van der Waals surface area contributed by atoms with Gasteiger partial charge in [-0.1, -0.05) is 0 Å². The van der Waals surface area contributed by atoms with Crippen molar-refractivity contribution in [3.63, 3.8) is 0 Å². The van der Waals surface area contributed by atoms with Gasteiger partial charge in [0.25, 0.3) is 0 Å². The van der Waals surface area contributed by atoms with Gasteiger partial charge in [0.1, 0.15) is 5.75 Å². The molecule has 4 rings (SSSR count). The Morgan fingerprint density at radius 2 is 2.12 bits per heavy atom. The van der Waals surface area contributed by atoms with Crippen LogP contribution < -0.4 is 4.74 Å². The molecule has 0 saturated carbocycles. The number of aromatic nitrogens is 1. The van der Waals surface area contributed by atoms with Crippen molar-refractivity contribution in [1.29, 1.82) is 0 Å². The van der Waals surface area contributed by atoms with Gasteiger partial charge in [-0.25, -0.2) is 0 Å². The predicted octanol–water partition coefficient (Wildman–Crippen LogP) is 1.64. The second-order valence-electron chi connectivity index (χ2n) is 7.67. The topological polar surface area (TPSA) is 57.9 Å². The highest BCUT2D eigenvalue weighted by molar-refractivity contribution is 5.85. The van der Waals surface area contributed by atoms with Crippen molar-refractivity contribution in [2.45, 2.75) is 6.54 Å². The number of ether oxygens (including phenoxy) is 1. The average Bonchev–Trinajstić information content (AvgIpc) is 3.16. The van der Waals surface area contributed by atoms with Crippen LogP contribution in [0.15, 0.2) is 24.4 Å². The van der Waals surface area contributed by atoms with Crippen molar-refractivity contribution in [3.8, 4) is 5.75 Å². The van der Waals surface area contributed by atoms with Crippen molar-refractivity contribution in [2.75, 3.05) is 40.3 Å². The number of benzene rings is 1. The van der Waals surface area contributed by atoms with E-state index < -0.39 is 11.4 Å². The Kier molecular flexibility index (Phi) is 3.77. The molecule has 0 amide bonds. The maximum absolute atomic E-state index is 12.0. The van der Waals surface area contributed by atoms with Gasteiger partial charge < -0.3 is 19.3 Å². The number of rotatable bonds is 4. The summed E-state index contributed by atoms with van der Waals surface area (Å²) in [6, 6.07) is 6.13. The highest BCUT2D eigenvalue weighted by Gasteiger charge is 2.56. The second kappa shape index (κ2) is 5.75. The van der Waals surface area contributed by atoms with E-state index in [0.29, 0.717) is 13.1 Å². The van der Waals surface area contributed by atoms with Gasteiger partial charge in [-0.15, -0.1) is 0 Å². The van der Waals surface area contributed by atoms with Crippen LogP contribution >= 0.6 is 0 Å². The minimum absolute atomic E-state index is 0.213. The largest absolute Gasteiger partial charge is 0.497 e. The van der Waals surface area contributed by atoms with Gasteiger partial charge in [0.2, 0.25) is 0 Å². The van der Waals surface area contributed by atoms with Crippen LogP contribution in [0.1, 0.15) is 5.56 Å². The van der Waals surface area contributed by atoms with Gasteiger partial charge in [-0.05, 0) is 24.7 Å². The SMILES string of the molecule is COc1ccc2c(CN3C[C@@H]4CN(C)C[C@]4(C(=O)O)C3)cn(C)c2c1. The number of carboxylic acids is 1. The highest BCUT2D eigenvalue weighted by Crippen LogP contribution is 2.43. The molecule has 0 aliphatic carbocycles. The molecule has 2 atom stereocenters. The van der Waals surface area contributed by atoms with Crippen LogP contribution in [0.4, 0.5) is 0 Å². The number of methoxy groups -OCH3 is 1. The van der Waals surface area contributed by atoms with Crippen LogP contribution in [-0.2, 0) is 18.4 Å². The van der Waals surface area contributed by atoms with Crippen molar-refractivity contribution in [1.82, 2.24) is 14.4 Å². The van der Waals surface area contributed by atoms with Crippen molar-refractivity contribution in [2.24, 2.45) is 18.4 Å². The average molecular weight is 343 g/mol. The predicted molar refractivity (Wildman–Crippen MR) is 95.8 cm³/mol. The number of fused-ring (bicyclic) bond motifs is 2. The lowest BCUT2D eigenvalue weighted by Crippen LogP contribution is -2.40. The molecule has 2 aromatic rings. The molecule has 0 unspecified atom stereocenters. The summed E-state index contributed by atoms with van der Waals surface area (Å²) in [5.41, 5.74) is 1.78. The zero-order chi connectivity index (χ0) is 17.8. The van der Waals surface area contributed by atoms with E-state index in [1.807, 2.05) is 26.2 Å². The van der Waals surface area contributed by atoms with Gasteiger partial charge >= 0.3 is 5.97 Å². The summed E-state index contributed by atoms with van der Waals surface area (Å²) < 4.78 is 7.44. The van der Waals surface area contributed by atoms with Crippen LogP contribution in [0.2, 0.25) is 0 Å². The third-order valence-corrected chi connectivity index (χ3v) is 5.95. The molecule has 3 heterocycles. The summed E-state index contributed by atoms with van der Waals surface area (Å²) in [5, 5.41) is 11.0. The number of carbonyl (C=O) groups is 1. The first kappa shape index (κ1) is 16.4. The number of aryl methyl sites for hydroxylation is 1. The van der Waals surface area contributed by atoms with E-state index in [1.165, 1.54) is 10.9 Å². The van der Waals surface area contributed by atoms with Crippen molar-refractivity contribution < 1.29 is 14.6 Å². The first-order valence-electron chi connectivity index (χ1n) is 8.69. The molecule has 134 valence electrons. The third kappa shape index (κ3) is 2.51. The van der Waals surface area contributed by atoms with E-state index in [4.69, 9.17) is 4.74 Å². The summed E-state index contributed by atoms with van der Waals surface area (Å²) in [6.45, 7) is 3.79. The molecule has 0 spiro atoms. The molecule has 6 nitrogen and oxygen atoms in total. The summed E-state index contributed by atoms with van der Waals surface area (Å²) in [5.74, 6) is 0.417. The van der Waals surface area contributed by atoms with E-state index in [0.717, 1.165) is 30.9 Å². The fraction of sp³-hybridized carbons (Fsp3) is 0.526. The van der Waals surface area contributed by atoms with Gasteiger partial charge in [0.05, 0.1) is 18.0 Å². The standard InChI is InChI=1S/C19H25N3O3/c1-20-9-14-10-22(12-19(14,11-20)18(23)24)8-13-7-21(2)17-6-15(25-3)4-5-16(13)17/h4-7,14H,8-12H2,1-3H3,(H,23,24)/t14-,19-/m0/s1. The molecule has 2 aliphatic rings. The fourth-order valence-electron chi connectivity index (χ4n) is 4.78. The highest BCUT2D eigenvalue weighted by atomic mass is 16.5. The monoisotopic (exact) mass is 343 g/mol. The van der Waals surface area contributed by atoms with Gasteiger partial charge in [0.15, 0.2) is 0 Å². The quantitative estimate of drug-likeness (QED) is 0.914. The van der Waals surface area contributed by atoms with Gasteiger partial charge in [-0.3, -0.25) is 9.69 Å². The minimum atomic E-state index is -0.646. The molecule has 25 heavy (non-hydrogen) atoms. The normalized spacial score (nSPS) is 27.1. The number of carboxylic acid groups (broad SMARTS) is 1. The van der Waals surface area contributed by atoms with Crippen LogP contribution in [0, 0.1) is 11.3 Å². The zero-order valence-corrected chi connectivity index (χ0v) is 15.0. The maximum atomic E-state index is 12.0. The number of aliphatic carboxylic acids is 1. The molecule has 0 radical (unpaired) electrons. The van der Waals surface area contributed by atoms with E-state index in [1.54, 1.807) is 7.11 Å². The molecule has 2 aliphatic heterocycles. The maximum Gasteiger partial charge on any atom is 0.312 e. The molecule has 1 N–H and O–H groups in total. The molecular weight excluding hydrogens is 318 g/mol. The minimum Gasteiger partial charge on any atom is -0.497 e. The fourth-order valence-corrected chi connectivity index (χ4v) is 4.78. The lowest BCUT2D eigenvalue weighted by Gasteiger charge is -2.24. The van der Waals surface area contributed by atoms with Crippen LogP contribution in [0.5, 0.6) is 5.75 Å². The summed E-state index contributed by atoms with van der Waals surface area (Å²) >= 11 is 0. The molecular formula is C19H25N3O3. The Morgan fingerprint density at radius 3 is 2.80 bits per heavy atom. The molecule has 2 fully saturated rings. The lowest BCUT2D eigenvalue weighted by atomic mass is 9.81. The molecule has 6 heteroatoms. The van der Waals surface area contributed by atoms with Gasteiger partial charge in [0, 0.05) is 63.3 Å². The molecule has 1 aromatic heterocycles. The van der Waals surface area contributed by atoms with E-state index in [2.05, 4.69) is 26.6 Å². The number of nitrogens with zero attached hydrogens (tertiary/aromatic N) is 3. The Bertz CT molecular complexity index is 831. The Labute approximate surface area is 147 Å². The van der Waals surface area contributed by atoms with E-state index in [-0.39, 0.29) is 5.92 Å². The first-order valence-corrected chi connectivity index (χ1v) is 8.69. The first-order chi connectivity index (χ1) is 11.9. The Balaban J connectivity index is 1.60. The van der Waals surface area contributed by atoms with Crippen LogP contribution in [0.25, 0.3) is 10.9 Å². The van der Waals surface area contributed by atoms with Crippen LogP contribution in [0.3, 0.4) is 0 Å². The third-order valence-electron chi connectivity index (χ3n) is 5.95. The zero-order valence-electron chi connectivity index (χ0n) is 15.0. The van der Waals surface area contributed by atoms with E-state index in [9.17, 15) is 9.90 Å².